The van der Waals surface area contributed by atoms with Crippen molar-refractivity contribution < 1.29 is 37.9 Å². The predicted octanol–water partition coefficient (Wildman–Crippen LogP) is 14.5. The quantitative estimate of drug-likeness (QED) is 0.176. The van der Waals surface area contributed by atoms with Crippen LogP contribution in [0.2, 0.25) is 0 Å². The van der Waals surface area contributed by atoms with Crippen LogP contribution in [-0.2, 0) is 31.8 Å². The van der Waals surface area contributed by atoms with E-state index < -0.39 is 0 Å². The lowest BCUT2D eigenvalue weighted by molar-refractivity contribution is 0.0274. The van der Waals surface area contributed by atoms with E-state index in [-0.39, 0.29) is 0 Å². The van der Waals surface area contributed by atoms with E-state index in [1.165, 1.54) is 39.0 Å². The van der Waals surface area contributed by atoms with E-state index in [9.17, 15) is 0 Å². The second-order valence-electron chi connectivity index (χ2n) is 19.9. The molecule has 0 fully saturated rings. The zero-order chi connectivity index (χ0) is 54.1. The maximum atomic E-state index is 6.68. The van der Waals surface area contributed by atoms with Crippen LogP contribution >= 0.6 is 0 Å². The molecule has 12 nitrogen and oxygen atoms in total. The van der Waals surface area contributed by atoms with Crippen LogP contribution in [0.1, 0.15) is 99.4 Å². The molecule has 5 aliphatic heterocycles. The first kappa shape index (κ1) is 54.1. The molecule has 4 aromatic carbocycles. The number of nitrogens with one attached hydrogen (secondary N) is 2. The lowest BCUT2D eigenvalue weighted by Crippen LogP contribution is -2.14. The maximum Gasteiger partial charge on any atom is 0.127 e. The first-order valence-corrected chi connectivity index (χ1v) is 28.0. The van der Waals surface area contributed by atoms with Gasteiger partial charge in [0.25, 0.3) is 0 Å². The van der Waals surface area contributed by atoms with E-state index in [0.717, 1.165) is 132 Å². The molecule has 8 heterocycles. The summed E-state index contributed by atoms with van der Waals surface area (Å²) >= 11 is 0. The molecule has 0 amide bonds. The van der Waals surface area contributed by atoms with Gasteiger partial charge in [0.15, 0.2) is 0 Å². The van der Waals surface area contributed by atoms with Gasteiger partial charge < -0.3 is 47.9 Å². The van der Waals surface area contributed by atoms with Crippen molar-refractivity contribution in [2.24, 2.45) is 0 Å². The zero-order valence-electron chi connectivity index (χ0n) is 46.7. The summed E-state index contributed by atoms with van der Waals surface area (Å²) < 4.78 is 49.1. The van der Waals surface area contributed by atoms with Crippen LogP contribution in [-0.4, -0.2) is 99.2 Å². The monoisotopic (exact) mass is 1050 g/mol. The fourth-order valence-corrected chi connectivity index (χ4v) is 11.4. The fraction of sp³-hybridized carbons (Fsp3) is 0.364. The molecule has 0 aliphatic carbocycles. The van der Waals surface area contributed by atoms with Crippen molar-refractivity contribution >= 4 is 55.1 Å². The van der Waals surface area contributed by atoms with Crippen molar-refractivity contribution in [1.29, 1.82) is 0 Å². The zero-order valence-corrected chi connectivity index (χ0v) is 46.7. The first-order valence-electron chi connectivity index (χ1n) is 28.0. The molecule has 0 spiro atoms. The number of nitrogens with zero attached hydrogens (tertiary/aromatic N) is 2. The summed E-state index contributed by atoms with van der Waals surface area (Å²) in [4.78, 5) is 19.3. The Bertz CT molecular complexity index is 3530. The molecule has 12 rings (SSSR count). The molecule has 2 N–H and O–H groups in total. The Hall–Kier alpha value is -7.22. The summed E-state index contributed by atoms with van der Waals surface area (Å²) in [6.45, 7) is 22.8. The highest BCUT2D eigenvalue weighted by Gasteiger charge is 2.27. The van der Waals surface area contributed by atoms with Gasteiger partial charge in [-0.25, -0.2) is 9.97 Å². The van der Waals surface area contributed by atoms with Crippen molar-refractivity contribution in [2.45, 2.75) is 81.1 Å². The van der Waals surface area contributed by atoms with Crippen LogP contribution in [0.3, 0.4) is 0 Å². The molecule has 78 heavy (non-hydrogen) atoms. The first-order chi connectivity index (χ1) is 38.2. The van der Waals surface area contributed by atoms with Crippen molar-refractivity contribution in [1.82, 2.24) is 19.9 Å². The minimum absolute atomic E-state index is 0.354. The maximum absolute atomic E-state index is 6.68. The third-order valence-corrected chi connectivity index (χ3v) is 15.3. The predicted molar refractivity (Wildman–Crippen MR) is 315 cm³/mol. The standard InChI is InChI=1S/C66H74N4O8/c1-9-47-41(5)63-61-45-23-25-46(26-24-45)75-35-31-71-27-28-72-32-36-76-58-21-15-19-52-51(58)18-16-22-59(52)77-37-33-73-29-30-74-34-38-78-60-20-14-13-17-53(60)62(65-43(7)49(11-3)56(69-65)39-54(47)67-63)66-44(8)50(12-4)57(70-66)40-55-48(10-2)42(6)64(61)68-55/h13-26,39-40,67,70H,9-12,27-38H2,1-8H3. The SMILES string of the molecule is CCC1=C(C)c2nc1cc1[nH]c(c(C)c1CC)c1c3nc(cc4[nH]c(c(C)c4CC)c2-c2ccc(cc2)OCCOCCOCCOc2cccc4c(cccc24)OCCOCCOCCOc2ccccc2-1)C(CC)=C3C. The van der Waals surface area contributed by atoms with E-state index in [1.807, 2.05) is 54.6 Å². The van der Waals surface area contributed by atoms with Gasteiger partial charge in [-0.3, -0.25) is 0 Å². The minimum Gasteiger partial charge on any atom is -0.491 e. The number of rotatable bonds is 4. The van der Waals surface area contributed by atoms with E-state index >= 15 is 0 Å². The van der Waals surface area contributed by atoms with E-state index in [2.05, 4.69) is 108 Å². The Kier molecular flexibility index (Phi) is 17.4. The van der Waals surface area contributed by atoms with Gasteiger partial charge in [-0.15, -0.1) is 0 Å². The smallest absolute Gasteiger partial charge is 0.127 e. The number of para-hydroxylation sites is 1. The average molecular weight is 1050 g/mol. The molecule has 7 aromatic rings. The summed E-state index contributed by atoms with van der Waals surface area (Å²) in [5, 5.41) is 1.95. The Labute approximate surface area is 458 Å². The van der Waals surface area contributed by atoms with Crippen LogP contribution in [0.15, 0.2) is 97.1 Å². The summed E-state index contributed by atoms with van der Waals surface area (Å²) in [5.74, 6) is 3.07. The van der Waals surface area contributed by atoms with Gasteiger partial charge in [-0.1, -0.05) is 82.3 Å². The fourth-order valence-electron chi connectivity index (χ4n) is 11.4. The van der Waals surface area contributed by atoms with E-state index in [0.29, 0.717) is 79.3 Å². The second kappa shape index (κ2) is 25.1. The normalized spacial score (nSPS) is 15.6. The van der Waals surface area contributed by atoms with Gasteiger partial charge >= 0.3 is 0 Å². The second-order valence-corrected chi connectivity index (χ2v) is 19.9. The number of H-pyrrole nitrogens is 2. The molecule has 0 unspecified atom stereocenters. The minimum atomic E-state index is 0.354. The van der Waals surface area contributed by atoms with Gasteiger partial charge in [-0.05, 0) is 146 Å². The van der Waals surface area contributed by atoms with Crippen LogP contribution in [0.5, 0.6) is 23.0 Å². The molecule has 3 aromatic heterocycles. The number of aromatic nitrogens is 4. The molecule has 0 saturated carbocycles. The highest BCUT2D eigenvalue weighted by atomic mass is 16.6. The number of hydrogen-bond donors (Lipinski definition) is 2. The van der Waals surface area contributed by atoms with Gasteiger partial charge in [0.1, 0.15) is 49.4 Å². The van der Waals surface area contributed by atoms with Crippen LogP contribution < -0.4 is 18.9 Å². The molecular weight excluding hydrogens is 977 g/mol. The molecule has 406 valence electrons. The number of ether oxygens (including phenoxy) is 8. The van der Waals surface area contributed by atoms with Gasteiger partial charge in [0.2, 0.25) is 0 Å². The number of allylic oxidation sites excluding steroid dienone is 4. The van der Waals surface area contributed by atoms with Crippen LogP contribution in [0.25, 0.3) is 77.4 Å². The molecule has 16 bridgehead atoms. The topological polar surface area (TPSA) is 131 Å². The van der Waals surface area contributed by atoms with Crippen LogP contribution in [0.4, 0.5) is 0 Å². The Morgan fingerprint density at radius 3 is 1.33 bits per heavy atom. The highest BCUT2D eigenvalue weighted by molar-refractivity contribution is 6.04. The molecule has 0 saturated heterocycles. The van der Waals surface area contributed by atoms with Gasteiger partial charge in [-0.2, -0.15) is 0 Å². The number of fused-ring (bicyclic) bond motifs is 1. The summed E-state index contributed by atoms with van der Waals surface area (Å²) in [5.41, 5.74) is 21.6. The highest BCUT2D eigenvalue weighted by Crippen LogP contribution is 2.45. The third kappa shape index (κ3) is 11.2. The Morgan fingerprint density at radius 1 is 0.423 bits per heavy atom. The molecular formula is C66H74N4O8. The van der Waals surface area contributed by atoms with Crippen molar-refractivity contribution in [3.8, 4) is 45.3 Å². The van der Waals surface area contributed by atoms with E-state index in [4.69, 9.17) is 47.9 Å². The van der Waals surface area contributed by atoms with Crippen molar-refractivity contribution in [3.63, 3.8) is 0 Å². The Morgan fingerprint density at radius 2 is 0.846 bits per heavy atom. The average Bonchev–Trinajstić information content (AvgIpc) is 4.34. The van der Waals surface area contributed by atoms with Gasteiger partial charge in [0.05, 0.1) is 86.7 Å². The lowest BCUT2D eigenvalue weighted by atomic mass is 9.95. The summed E-state index contributed by atoms with van der Waals surface area (Å²) in [6, 6.07) is 33.3. The van der Waals surface area contributed by atoms with Crippen molar-refractivity contribution in [2.75, 3.05) is 79.3 Å². The van der Waals surface area contributed by atoms with Crippen molar-refractivity contribution in [3.05, 3.63) is 142 Å². The number of aryl methyl sites for hydroxylation is 4. The molecule has 0 radical (unpaired) electrons. The molecule has 5 aliphatic rings. The summed E-state index contributed by atoms with van der Waals surface area (Å²) in [7, 11) is 0. The van der Waals surface area contributed by atoms with Gasteiger partial charge in [0, 0.05) is 38.5 Å². The third-order valence-electron chi connectivity index (χ3n) is 15.3. The van der Waals surface area contributed by atoms with E-state index in [1.54, 1.807) is 0 Å². The van der Waals surface area contributed by atoms with Crippen LogP contribution in [0, 0.1) is 13.8 Å². The number of benzene rings is 4. The largest absolute Gasteiger partial charge is 0.491 e. The summed E-state index contributed by atoms with van der Waals surface area (Å²) in [6.07, 6.45) is 3.30. The molecule has 12 heteroatoms. The Balaban J connectivity index is 1.07. The lowest BCUT2D eigenvalue weighted by Gasteiger charge is -2.15. The number of aromatic amines is 2. The number of hydrogen-bond acceptors (Lipinski definition) is 10. The molecule has 0 atom stereocenters.